The Morgan fingerprint density at radius 1 is 1.19 bits per heavy atom. The summed E-state index contributed by atoms with van der Waals surface area (Å²) in [6.07, 6.45) is 2.63. The van der Waals surface area contributed by atoms with E-state index in [0.717, 1.165) is 10.8 Å². The largest absolute Gasteiger partial charge is 0.348 e. The molecule has 0 spiro atoms. The van der Waals surface area contributed by atoms with E-state index in [0.29, 0.717) is 17.9 Å². The quantitative estimate of drug-likeness (QED) is 0.923. The lowest BCUT2D eigenvalue weighted by Gasteiger charge is -2.55. The maximum absolute atomic E-state index is 12.6. The number of carbonyl (C=O) groups excluding carboxylic acids is 1. The summed E-state index contributed by atoms with van der Waals surface area (Å²) >= 11 is 3.34. The molecule has 3 nitrogen and oxygen atoms in total. The number of hydrogen-bond donors (Lipinski definition) is 1. The van der Waals surface area contributed by atoms with E-state index >= 15 is 0 Å². The monoisotopic (exact) mass is 318 g/mol. The smallest absolute Gasteiger partial charge is 0.261 e. The molecule has 5 heterocycles. The number of fused-ring (bicyclic) bond motifs is 1. The predicted molar refractivity (Wildman–Crippen MR) is 87.1 cm³/mol. The lowest BCUT2D eigenvalue weighted by molar-refractivity contribution is -0.0418. The van der Waals surface area contributed by atoms with Crippen LogP contribution in [-0.4, -0.2) is 36.5 Å². The number of amides is 1. The van der Waals surface area contributed by atoms with Crippen LogP contribution in [0.15, 0.2) is 17.5 Å². The van der Waals surface area contributed by atoms with Gasteiger partial charge in [-0.1, -0.05) is 0 Å². The number of thiophene rings is 2. The average Bonchev–Trinajstić information content (AvgIpc) is 3.02. The molecule has 1 amide bonds. The molecule has 4 fully saturated rings. The summed E-state index contributed by atoms with van der Waals surface area (Å²) in [5.74, 6) is 2.40. The van der Waals surface area contributed by atoms with E-state index < -0.39 is 0 Å². The van der Waals surface area contributed by atoms with Gasteiger partial charge in [-0.25, -0.2) is 0 Å². The first-order valence-electron chi connectivity index (χ1n) is 7.76. The van der Waals surface area contributed by atoms with Crippen LogP contribution in [0.25, 0.3) is 9.40 Å². The summed E-state index contributed by atoms with van der Waals surface area (Å²) in [5, 5.41) is 5.47. The summed E-state index contributed by atoms with van der Waals surface area (Å²) in [6, 6.07) is 4.57. The summed E-state index contributed by atoms with van der Waals surface area (Å²) in [7, 11) is 0. The molecule has 3 saturated heterocycles. The van der Waals surface area contributed by atoms with Gasteiger partial charge in [0.25, 0.3) is 5.91 Å². The van der Waals surface area contributed by atoms with Crippen molar-refractivity contribution in [3.63, 3.8) is 0 Å². The summed E-state index contributed by atoms with van der Waals surface area (Å²) in [5.41, 5.74) is 0. The second kappa shape index (κ2) is 4.54. The van der Waals surface area contributed by atoms with Crippen molar-refractivity contribution in [1.29, 1.82) is 0 Å². The van der Waals surface area contributed by atoms with Gasteiger partial charge >= 0.3 is 0 Å². The van der Waals surface area contributed by atoms with Crippen LogP contribution < -0.4 is 5.32 Å². The number of hydrogen-bond acceptors (Lipinski definition) is 4. The number of nitrogens with zero attached hydrogens (tertiary/aromatic N) is 1. The van der Waals surface area contributed by atoms with Crippen LogP contribution in [0.4, 0.5) is 0 Å². The highest BCUT2D eigenvalue weighted by atomic mass is 32.1. The molecule has 2 aromatic rings. The summed E-state index contributed by atoms with van der Waals surface area (Å²) in [6.45, 7) is 3.68. The highest BCUT2D eigenvalue weighted by molar-refractivity contribution is 7.27. The Morgan fingerprint density at radius 2 is 2.00 bits per heavy atom. The molecule has 2 aromatic heterocycles. The molecule has 0 aromatic carbocycles. The van der Waals surface area contributed by atoms with Gasteiger partial charge in [0.1, 0.15) is 0 Å². The fourth-order valence-corrected chi connectivity index (χ4v) is 6.76. The van der Waals surface area contributed by atoms with Crippen molar-refractivity contribution in [2.24, 2.45) is 17.8 Å². The lowest BCUT2D eigenvalue weighted by atomic mass is 9.65. The molecule has 3 aliphatic heterocycles. The first kappa shape index (κ1) is 12.6. The van der Waals surface area contributed by atoms with E-state index in [-0.39, 0.29) is 5.91 Å². The lowest BCUT2D eigenvalue weighted by Crippen LogP contribution is -2.64. The SMILES string of the molecule is O=C(NC1[C@@H]2CC3C[C@@H]1CN(C3)C2)c1cc2sccc2s1. The van der Waals surface area contributed by atoms with Crippen LogP contribution in [0.2, 0.25) is 0 Å². The van der Waals surface area contributed by atoms with Crippen molar-refractivity contribution < 1.29 is 4.79 Å². The fourth-order valence-electron chi connectivity index (χ4n) is 4.74. The maximum atomic E-state index is 12.6. The molecule has 0 unspecified atom stereocenters. The number of carbonyl (C=O) groups is 1. The van der Waals surface area contributed by atoms with Gasteiger partial charge < -0.3 is 10.2 Å². The standard InChI is InChI=1S/C16H18N2OS2/c19-16(14-5-13-12(21-14)1-2-20-13)17-15-10-3-9-4-11(15)8-18(6-9)7-10/h1-2,5,9-11,15H,3-4,6-8H2,(H,17,19)/t9?,10-,11-,15?/m1/s1. The third-order valence-electron chi connectivity index (χ3n) is 5.45. The minimum absolute atomic E-state index is 0.149. The fraction of sp³-hybridized carbons (Fsp3) is 0.562. The molecule has 0 radical (unpaired) electrons. The number of rotatable bonds is 2. The molecule has 21 heavy (non-hydrogen) atoms. The zero-order chi connectivity index (χ0) is 14.0. The van der Waals surface area contributed by atoms with Crippen molar-refractivity contribution in [3.05, 3.63) is 22.4 Å². The molecule has 2 atom stereocenters. The maximum Gasteiger partial charge on any atom is 0.261 e. The molecule has 5 heteroatoms. The number of piperidine rings is 3. The molecule has 1 saturated carbocycles. The van der Waals surface area contributed by atoms with Crippen LogP contribution in [0, 0.1) is 17.8 Å². The zero-order valence-electron chi connectivity index (χ0n) is 11.7. The van der Waals surface area contributed by atoms with Gasteiger partial charge in [0.15, 0.2) is 0 Å². The van der Waals surface area contributed by atoms with Gasteiger partial charge in [-0.15, -0.1) is 22.7 Å². The van der Waals surface area contributed by atoms with Crippen LogP contribution in [0.5, 0.6) is 0 Å². The van der Waals surface area contributed by atoms with Gasteiger partial charge in [-0.3, -0.25) is 4.79 Å². The molecule has 1 N–H and O–H groups in total. The van der Waals surface area contributed by atoms with Crippen molar-refractivity contribution in [3.8, 4) is 0 Å². The van der Waals surface area contributed by atoms with Crippen molar-refractivity contribution in [1.82, 2.24) is 10.2 Å². The number of nitrogens with one attached hydrogen (secondary N) is 1. The highest BCUT2D eigenvalue weighted by Gasteiger charge is 2.47. The van der Waals surface area contributed by atoms with Crippen LogP contribution in [0.1, 0.15) is 22.5 Å². The van der Waals surface area contributed by atoms with Crippen LogP contribution in [-0.2, 0) is 0 Å². The summed E-state index contributed by atoms with van der Waals surface area (Å²) in [4.78, 5) is 16.1. The van der Waals surface area contributed by atoms with E-state index in [1.165, 1.54) is 41.9 Å². The Morgan fingerprint density at radius 3 is 2.71 bits per heavy atom. The Balaban J connectivity index is 1.37. The molecule has 4 aliphatic rings. The minimum atomic E-state index is 0.149. The third-order valence-corrected chi connectivity index (χ3v) is 7.54. The first-order valence-corrected chi connectivity index (χ1v) is 9.46. The molecular formula is C16H18N2OS2. The first-order chi connectivity index (χ1) is 10.3. The normalized spacial score (nSPS) is 37.2. The minimum Gasteiger partial charge on any atom is -0.348 e. The highest BCUT2D eigenvalue weighted by Crippen LogP contribution is 2.43. The van der Waals surface area contributed by atoms with Gasteiger partial charge in [0.2, 0.25) is 0 Å². The van der Waals surface area contributed by atoms with E-state index in [4.69, 9.17) is 0 Å². The van der Waals surface area contributed by atoms with Gasteiger partial charge in [0.05, 0.1) is 4.88 Å². The molecule has 4 bridgehead atoms. The Bertz CT molecular complexity index is 648. The van der Waals surface area contributed by atoms with Gasteiger partial charge in [-0.2, -0.15) is 0 Å². The van der Waals surface area contributed by atoms with Crippen LogP contribution in [0.3, 0.4) is 0 Å². The Kier molecular flexibility index (Phi) is 2.73. The van der Waals surface area contributed by atoms with Gasteiger partial charge in [0, 0.05) is 35.1 Å². The van der Waals surface area contributed by atoms with E-state index in [9.17, 15) is 4.79 Å². The van der Waals surface area contributed by atoms with Crippen molar-refractivity contribution in [2.45, 2.75) is 18.9 Å². The second-order valence-corrected chi connectivity index (χ2v) is 8.87. The second-order valence-electron chi connectivity index (χ2n) is 6.84. The zero-order valence-corrected chi connectivity index (χ0v) is 13.4. The Labute approximate surface area is 131 Å². The molecule has 6 rings (SSSR count). The topological polar surface area (TPSA) is 32.3 Å². The van der Waals surface area contributed by atoms with E-state index in [2.05, 4.69) is 27.7 Å². The molecular weight excluding hydrogens is 300 g/mol. The summed E-state index contributed by atoms with van der Waals surface area (Å²) < 4.78 is 2.47. The van der Waals surface area contributed by atoms with Crippen molar-refractivity contribution in [2.75, 3.05) is 19.6 Å². The average molecular weight is 318 g/mol. The molecule has 110 valence electrons. The predicted octanol–water partition coefficient (Wildman–Crippen LogP) is 3.03. The third kappa shape index (κ3) is 1.98. The van der Waals surface area contributed by atoms with Gasteiger partial charge in [-0.05, 0) is 48.1 Å². The Hall–Kier alpha value is -0.910. The van der Waals surface area contributed by atoms with E-state index in [1.807, 2.05) is 0 Å². The molecule has 1 aliphatic carbocycles. The van der Waals surface area contributed by atoms with Crippen molar-refractivity contribution >= 4 is 38.0 Å². The van der Waals surface area contributed by atoms with E-state index in [1.54, 1.807) is 22.7 Å². The van der Waals surface area contributed by atoms with Crippen LogP contribution >= 0.6 is 22.7 Å².